The van der Waals surface area contributed by atoms with Gasteiger partial charge in [0, 0.05) is 23.8 Å². The van der Waals surface area contributed by atoms with Crippen LogP contribution in [-0.2, 0) is 14.3 Å². The summed E-state index contributed by atoms with van der Waals surface area (Å²) in [6, 6.07) is 0. The smallest absolute Gasteiger partial charge is 0.331 e. The van der Waals surface area contributed by atoms with Gasteiger partial charge in [0.25, 0.3) is 0 Å². The van der Waals surface area contributed by atoms with Crippen LogP contribution in [0.25, 0.3) is 0 Å². The molecular weight excluding hydrogens is 464 g/mol. The van der Waals surface area contributed by atoms with E-state index in [0.29, 0.717) is 12.3 Å². The highest BCUT2D eigenvalue weighted by atomic mass is 16.5. The minimum Gasteiger partial charge on any atom is -0.454 e. The normalized spacial score (nSPS) is 23.7. The Hall–Kier alpha value is -2.50. The summed E-state index contributed by atoms with van der Waals surface area (Å²) in [6.07, 6.45) is 17.9. The summed E-state index contributed by atoms with van der Waals surface area (Å²) in [5.74, 6) is -0.580. The zero-order chi connectivity index (χ0) is 28.1. The molecule has 0 aliphatic carbocycles. The summed E-state index contributed by atoms with van der Waals surface area (Å²) in [6.45, 7) is 15.7. The molecular formula is C32H48O5. The second kappa shape index (κ2) is 16.4. The second-order valence-electron chi connectivity index (χ2n) is 10.8. The van der Waals surface area contributed by atoms with E-state index in [0.717, 1.165) is 23.1 Å². The van der Waals surface area contributed by atoms with Crippen molar-refractivity contribution < 1.29 is 24.5 Å². The predicted molar refractivity (Wildman–Crippen MR) is 152 cm³/mol. The number of Topliss-reactive ketones (excluding diaryl/α,β-unsaturated/α-hetero) is 1. The standard InChI is InChI=1S/C32H48O5/c1-21(18-23(3)12-14-29-25(5)13-15-30(34)37-29)10-9-11-22(2)19-26(6)31(35)28(8)32(36)27(7)20-24(4)16-17-33/h9,11-16,18-19,21,25-29,32-33,36H,10,17,20H2,1-8H3/b11-9+,14-12+,22-19+,23-18-,24-16+/t21-,25+,26-,27+,28-,29+,32-/m1/s1. The number of esters is 1. The molecule has 0 aromatic rings. The number of hydrogen-bond acceptors (Lipinski definition) is 5. The second-order valence-corrected chi connectivity index (χ2v) is 10.8. The molecule has 0 aromatic carbocycles. The molecule has 0 saturated heterocycles. The van der Waals surface area contributed by atoms with Crippen LogP contribution in [-0.4, -0.2) is 40.8 Å². The highest BCUT2D eigenvalue weighted by Gasteiger charge is 2.29. The van der Waals surface area contributed by atoms with Crippen molar-refractivity contribution in [3.05, 3.63) is 71.4 Å². The third-order valence-electron chi connectivity index (χ3n) is 6.88. The summed E-state index contributed by atoms with van der Waals surface area (Å²) in [7, 11) is 0. The Balaban J connectivity index is 2.62. The first-order valence-electron chi connectivity index (χ1n) is 13.4. The number of carbonyl (C=O) groups excluding carboxylic acids is 2. The molecule has 0 spiro atoms. The Kier molecular flexibility index (Phi) is 14.4. The van der Waals surface area contributed by atoms with E-state index in [1.807, 2.05) is 71.9 Å². The van der Waals surface area contributed by atoms with Gasteiger partial charge in [0.1, 0.15) is 11.9 Å². The molecule has 37 heavy (non-hydrogen) atoms. The van der Waals surface area contributed by atoms with Crippen molar-refractivity contribution in [3.8, 4) is 0 Å². The first-order valence-corrected chi connectivity index (χ1v) is 13.4. The van der Waals surface area contributed by atoms with Gasteiger partial charge in [0.05, 0.1) is 12.7 Å². The zero-order valence-electron chi connectivity index (χ0n) is 24.0. The van der Waals surface area contributed by atoms with Gasteiger partial charge in [0.2, 0.25) is 0 Å². The van der Waals surface area contributed by atoms with Crippen molar-refractivity contribution in [1.82, 2.24) is 0 Å². The molecule has 7 atom stereocenters. The molecule has 2 N–H and O–H groups in total. The maximum absolute atomic E-state index is 12.9. The quantitative estimate of drug-likeness (QED) is 0.162. The van der Waals surface area contributed by atoms with Gasteiger partial charge in [-0.1, -0.05) is 93.9 Å². The summed E-state index contributed by atoms with van der Waals surface area (Å²) in [5, 5.41) is 19.7. The van der Waals surface area contributed by atoms with Crippen LogP contribution in [0.5, 0.6) is 0 Å². The van der Waals surface area contributed by atoms with Crippen LogP contribution in [0.2, 0.25) is 0 Å². The lowest BCUT2D eigenvalue weighted by atomic mass is 9.83. The lowest BCUT2D eigenvalue weighted by Gasteiger charge is -2.25. The monoisotopic (exact) mass is 512 g/mol. The highest BCUT2D eigenvalue weighted by molar-refractivity contribution is 5.85. The number of aliphatic hydroxyl groups is 2. The van der Waals surface area contributed by atoms with Gasteiger partial charge in [-0.3, -0.25) is 4.79 Å². The molecule has 1 aliphatic heterocycles. The Morgan fingerprint density at radius 2 is 1.73 bits per heavy atom. The average Bonchev–Trinajstić information content (AvgIpc) is 2.83. The van der Waals surface area contributed by atoms with Crippen molar-refractivity contribution in [2.24, 2.45) is 29.6 Å². The third kappa shape index (κ3) is 12.1. The summed E-state index contributed by atoms with van der Waals surface area (Å²) in [5.41, 5.74) is 3.15. The fourth-order valence-corrected chi connectivity index (χ4v) is 4.60. The summed E-state index contributed by atoms with van der Waals surface area (Å²) < 4.78 is 5.35. The van der Waals surface area contributed by atoms with Crippen molar-refractivity contribution >= 4 is 11.8 Å². The highest BCUT2D eigenvalue weighted by Crippen LogP contribution is 2.24. The number of hydrogen-bond donors (Lipinski definition) is 2. The first-order chi connectivity index (χ1) is 17.3. The maximum Gasteiger partial charge on any atom is 0.331 e. The van der Waals surface area contributed by atoms with Gasteiger partial charge in [-0.15, -0.1) is 0 Å². The molecule has 0 unspecified atom stereocenters. The van der Waals surface area contributed by atoms with Gasteiger partial charge in [-0.05, 0) is 51.5 Å². The van der Waals surface area contributed by atoms with Crippen molar-refractivity contribution in [3.63, 3.8) is 0 Å². The lowest BCUT2D eigenvalue weighted by molar-refractivity contribution is -0.143. The van der Waals surface area contributed by atoms with Crippen molar-refractivity contribution in [2.75, 3.05) is 6.61 Å². The van der Waals surface area contributed by atoms with Crippen LogP contribution in [0.3, 0.4) is 0 Å². The molecule has 0 fully saturated rings. The number of ketones is 1. The van der Waals surface area contributed by atoms with Gasteiger partial charge in [-0.25, -0.2) is 4.79 Å². The lowest BCUT2D eigenvalue weighted by Crippen LogP contribution is -2.34. The number of carbonyl (C=O) groups is 2. The molecule has 1 aliphatic rings. The molecule has 1 rings (SSSR count). The van der Waals surface area contributed by atoms with Crippen LogP contribution in [0, 0.1) is 29.6 Å². The van der Waals surface area contributed by atoms with E-state index in [9.17, 15) is 14.7 Å². The fourth-order valence-electron chi connectivity index (χ4n) is 4.60. The summed E-state index contributed by atoms with van der Waals surface area (Å²) in [4.78, 5) is 24.4. The van der Waals surface area contributed by atoms with Crippen LogP contribution < -0.4 is 0 Å². The van der Waals surface area contributed by atoms with E-state index >= 15 is 0 Å². The molecule has 206 valence electrons. The van der Waals surface area contributed by atoms with E-state index in [1.165, 1.54) is 6.08 Å². The summed E-state index contributed by atoms with van der Waals surface area (Å²) >= 11 is 0. The Morgan fingerprint density at radius 3 is 2.38 bits per heavy atom. The molecule has 0 saturated carbocycles. The van der Waals surface area contributed by atoms with E-state index in [1.54, 1.807) is 13.0 Å². The van der Waals surface area contributed by atoms with Crippen LogP contribution in [0.15, 0.2) is 71.4 Å². The van der Waals surface area contributed by atoms with E-state index < -0.39 is 12.0 Å². The molecule has 0 amide bonds. The molecule has 0 aromatic heterocycles. The van der Waals surface area contributed by atoms with Gasteiger partial charge in [0.15, 0.2) is 0 Å². The van der Waals surface area contributed by atoms with Gasteiger partial charge in [-0.2, -0.15) is 0 Å². The largest absolute Gasteiger partial charge is 0.454 e. The Bertz CT molecular complexity index is 933. The SMILES string of the molecule is CC(=C/[C@H](C)C/C=C/C(C)=C/[C@@H](C)C(=O)[C@@H](C)[C@H](O)[C@@H](C)C/C(C)=C/CO)/C=C/[C@@H]1OC(=O)C=C[C@@H]1C. The molecule has 0 bridgehead atoms. The Labute approximate surface area is 224 Å². The van der Waals surface area contributed by atoms with Crippen molar-refractivity contribution in [1.29, 1.82) is 0 Å². The van der Waals surface area contributed by atoms with Gasteiger partial charge < -0.3 is 14.9 Å². The molecule has 1 heterocycles. The predicted octanol–water partition coefficient (Wildman–Crippen LogP) is 6.30. The van der Waals surface area contributed by atoms with Gasteiger partial charge >= 0.3 is 5.97 Å². The van der Waals surface area contributed by atoms with Crippen LogP contribution in [0.1, 0.15) is 68.2 Å². The van der Waals surface area contributed by atoms with E-state index in [2.05, 4.69) is 19.1 Å². The maximum atomic E-state index is 12.9. The van der Waals surface area contributed by atoms with E-state index in [-0.39, 0.29) is 42.2 Å². The number of aliphatic hydroxyl groups excluding tert-OH is 2. The van der Waals surface area contributed by atoms with Crippen molar-refractivity contribution in [2.45, 2.75) is 80.4 Å². The topological polar surface area (TPSA) is 83.8 Å². The number of allylic oxidation sites excluding steroid dienone is 8. The number of ether oxygens (including phenoxy) is 1. The number of rotatable bonds is 14. The molecule has 0 radical (unpaired) electrons. The molecule has 5 nitrogen and oxygen atoms in total. The average molecular weight is 513 g/mol. The Morgan fingerprint density at radius 1 is 1.08 bits per heavy atom. The van der Waals surface area contributed by atoms with E-state index in [4.69, 9.17) is 9.84 Å². The first kappa shape index (κ1) is 32.5. The van der Waals surface area contributed by atoms with Crippen LogP contribution in [0.4, 0.5) is 0 Å². The third-order valence-corrected chi connectivity index (χ3v) is 6.88. The fraction of sp³-hybridized carbons (Fsp3) is 0.562. The number of cyclic esters (lactones) is 1. The zero-order valence-corrected chi connectivity index (χ0v) is 24.0. The minimum absolute atomic E-state index is 0.0140. The van der Waals surface area contributed by atoms with Crippen LogP contribution >= 0.6 is 0 Å². The molecule has 5 heteroatoms. The minimum atomic E-state index is -0.726.